The van der Waals surface area contributed by atoms with Gasteiger partial charge in [-0.05, 0) is 53.5 Å². The van der Waals surface area contributed by atoms with Crippen molar-refractivity contribution in [3.05, 3.63) is 47.1 Å². The largest absolute Gasteiger partial charge is 0.492 e. The minimum absolute atomic E-state index is 0.191. The van der Waals surface area contributed by atoms with Gasteiger partial charge >= 0.3 is 0 Å². The Hall–Kier alpha value is -1.64. The maximum absolute atomic E-state index is 13.0. The van der Waals surface area contributed by atoms with Crippen LogP contribution >= 0.6 is 15.9 Å². The van der Waals surface area contributed by atoms with Crippen LogP contribution in [0.3, 0.4) is 0 Å². The van der Waals surface area contributed by atoms with Gasteiger partial charge in [0.25, 0.3) is 0 Å². The molecule has 1 aliphatic heterocycles. The smallest absolute Gasteiger partial charge is 0.246 e. The Bertz CT molecular complexity index is 844. The molecule has 3 rings (SSSR count). The van der Waals surface area contributed by atoms with Gasteiger partial charge in [-0.1, -0.05) is 12.1 Å². The fourth-order valence-corrected chi connectivity index (χ4v) is 4.67. The highest BCUT2D eigenvalue weighted by Gasteiger charge is 2.35. The van der Waals surface area contributed by atoms with Crippen molar-refractivity contribution in [1.82, 2.24) is 9.29 Å². The van der Waals surface area contributed by atoms with Crippen molar-refractivity contribution in [3.8, 4) is 11.6 Å². The molecule has 0 radical (unpaired) electrons. The zero-order chi connectivity index (χ0) is 17.9. The molecule has 2 aromatic rings. The summed E-state index contributed by atoms with van der Waals surface area (Å²) in [6.07, 6.45) is 2.02. The van der Waals surface area contributed by atoms with E-state index in [9.17, 15) is 8.42 Å². The third-order valence-electron chi connectivity index (χ3n) is 3.88. The third-order valence-corrected chi connectivity index (χ3v) is 6.39. The van der Waals surface area contributed by atoms with E-state index in [2.05, 4.69) is 20.9 Å². The average molecular weight is 427 g/mol. The van der Waals surface area contributed by atoms with Gasteiger partial charge < -0.3 is 9.47 Å². The van der Waals surface area contributed by atoms with Crippen LogP contribution in [0.25, 0.3) is 0 Å². The summed E-state index contributed by atoms with van der Waals surface area (Å²) in [5, 5.41) is 0. The van der Waals surface area contributed by atoms with E-state index in [4.69, 9.17) is 9.47 Å². The lowest BCUT2D eigenvalue weighted by molar-refractivity contribution is 0.205. The van der Waals surface area contributed by atoms with Crippen molar-refractivity contribution >= 4 is 26.0 Å². The number of pyridine rings is 1. The molecule has 1 unspecified atom stereocenters. The van der Waals surface area contributed by atoms with E-state index >= 15 is 0 Å². The predicted octanol–water partition coefficient (Wildman–Crippen LogP) is 3.08. The number of aromatic nitrogens is 1. The molecule has 8 heteroatoms. The summed E-state index contributed by atoms with van der Waals surface area (Å²) in [5.74, 6) is 0.850. The molecular weight excluding hydrogens is 408 g/mol. The summed E-state index contributed by atoms with van der Waals surface area (Å²) >= 11 is 3.39. The molecule has 134 valence electrons. The van der Waals surface area contributed by atoms with Crippen LogP contribution in [0.4, 0.5) is 0 Å². The van der Waals surface area contributed by atoms with Crippen molar-refractivity contribution in [2.75, 3.05) is 19.7 Å². The number of halogens is 1. The number of hydrogen-bond acceptors (Lipinski definition) is 5. The topological polar surface area (TPSA) is 68.7 Å². The maximum Gasteiger partial charge on any atom is 0.246 e. The second-order valence-electron chi connectivity index (χ2n) is 5.56. The Morgan fingerprint density at radius 1 is 1.28 bits per heavy atom. The lowest BCUT2D eigenvalue weighted by atomic mass is 10.3. The highest BCUT2D eigenvalue weighted by Crippen LogP contribution is 2.30. The van der Waals surface area contributed by atoms with Crippen LogP contribution in [0.5, 0.6) is 11.6 Å². The minimum atomic E-state index is -3.63. The Kier molecular flexibility index (Phi) is 5.61. The summed E-state index contributed by atoms with van der Waals surface area (Å²) < 4.78 is 39.4. The van der Waals surface area contributed by atoms with E-state index in [1.165, 1.54) is 4.31 Å². The van der Waals surface area contributed by atoms with Crippen molar-refractivity contribution in [2.45, 2.75) is 24.3 Å². The van der Waals surface area contributed by atoms with Gasteiger partial charge in [-0.3, -0.25) is 0 Å². The van der Waals surface area contributed by atoms with Gasteiger partial charge in [-0.15, -0.1) is 0 Å². The molecule has 25 heavy (non-hydrogen) atoms. The molecule has 1 aromatic heterocycles. The normalized spacial score (nSPS) is 18.2. The van der Waals surface area contributed by atoms with Crippen molar-refractivity contribution in [1.29, 1.82) is 0 Å². The van der Waals surface area contributed by atoms with Crippen LogP contribution in [-0.2, 0) is 10.0 Å². The van der Waals surface area contributed by atoms with Gasteiger partial charge in [0.2, 0.25) is 15.9 Å². The molecular formula is C17H19BrN2O4S. The summed E-state index contributed by atoms with van der Waals surface area (Å²) in [6, 6.07) is 10.3. The summed E-state index contributed by atoms with van der Waals surface area (Å²) in [6.45, 7) is 2.92. The fraction of sp³-hybridized carbons (Fsp3) is 0.353. The molecule has 0 N–H and O–H groups in total. The highest BCUT2D eigenvalue weighted by molar-refractivity contribution is 9.10. The minimum Gasteiger partial charge on any atom is -0.492 e. The Morgan fingerprint density at radius 3 is 2.84 bits per heavy atom. The van der Waals surface area contributed by atoms with E-state index in [-0.39, 0.29) is 17.5 Å². The van der Waals surface area contributed by atoms with Crippen molar-refractivity contribution < 1.29 is 17.9 Å². The van der Waals surface area contributed by atoms with Crippen LogP contribution in [0.15, 0.2) is 52.0 Å². The molecule has 2 heterocycles. The second kappa shape index (κ2) is 7.72. The molecule has 1 fully saturated rings. The van der Waals surface area contributed by atoms with Crippen LogP contribution in [0, 0.1) is 0 Å². The Balaban J connectivity index is 1.76. The lowest BCUT2D eigenvalue weighted by Gasteiger charge is -2.19. The zero-order valence-electron chi connectivity index (χ0n) is 13.8. The quantitative estimate of drug-likeness (QED) is 0.709. The standard InChI is InChI=1S/C17H19BrN2O4S/c1-2-23-15-7-3-4-8-16(15)25(21,22)20-11-9-13(12-20)24-17-14(18)6-5-10-19-17/h3-8,10,13H,2,9,11-12H2,1H3. The molecule has 0 amide bonds. The fourth-order valence-electron chi connectivity index (χ4n) is 2.71. The number of nitrogens with zero attached hydrogens (tertiary/aromatic N) is 2. The van der Waals surface area contributed by atoms with Gasteiger partial charge in [0, 0.05) is 12.7 Å². The van der Waals surface area contributed by atoms with Crippen LogP contribution in [0.1, 0.15) is 13.3 Å². The maximum atomic E-state index is 13.0. The summed E-state index contributed by atoms with van der Waals surface area (Å²) in [5.41, 5.74) is 0. The molecule has 0 bridgehead atoms. The molecule has 1 aromatic carbocycles. The zero-order valence-corrected chi connectivity index (χ0v) is 16.2. The van der Waals surface area contributed by atoms with Gasteiger partial charge in [-0.2, -0.15) is 4.31 Å². The monoisotopic (exact) mass is 426 g/mol. The van der Waals surface area contributed by atoms with Crippen molar-refractivity contribution in [2.24, 2.45) is 0 Å². The molecule has 1 saturated heterocycles. The lowest BCUT2D eigenvalue weighted by Crippen LogP contribution is -2.31. The number of rotatable bonds is 6. The predicted molar refractivity (Wildman–Crippen MR) is 97.3 cm³/mol. The van der Waals surface area contributed by atoms with Gasteiger partial charge in [-0.25, -0.2) is 13.4 Å². The van der Waals surface area contributed by atoms with E-state index in [0.29, 0.717) is 31.2 Å². The van der Waals surface area contributed by atoms with E-state index in [1.54, 1.807) is 36.5 Å². The third kappa shape index (κ3) is 3.96. The number of hydrogen-bond donors (Lipinski definition) is 0. The first kappa shape index (κ1) is 18.2. The molecule has 1 aliphatic rings. The molecule has 1 atom stereocenters. The van der Waals surface area contributed by atoms with Crippen LogP contribution in [0.2, 0.25) is 0 Å². The summed E-state index contributed by atoms with van der Waals surface area (Å²) in [7, 11) is -3.63. The highest BCUT2D eigenvalue weighted by atomic mass is 79.9. The van der Waals surface area contributed by atoms with Crippen LogP contribution < -0.4 is 9.47 Å². The Labute approximate surface area is 156 Å². The molecule has 6 nitrogen and oxygen atoms in total. The molecule has 0 spiro atoms. The number of benzene rings is 1. The SMILES string of the molecule is CCOc1ccccc1S(=O)(=O)N1CCC(Oc2ncccc2Br)C1. The van der Waals surface area contributed by atoms with Crippen LogP contribution in [-0.4, -0.2) is 43.5 Å². The summed E-state index contributed by atoms with van der Waals surface area (Å²) in [4.78, 5) is 4.36. The first-order chi connectivity index (χ1) is 12.0. The average Bonchev–Trinajstić information content (AvgIpc) is 3.07. The van der Waals surface area contributed by atoms with Gasteiger partial charge in [0.1, 0.15) is 16.7 Å². The van der Waals surface area contributed by atoms with Gasteiger partial charge in [0.05, 0.1) is 17.6 Å². The van der Waals surface area contributed by atoms with E-state index < -0.39 is 10.0 Å². The van der Waals surface area contributed by atoms with Crippen molar-refractivity contribution in [3.63, 3.8) is 0 Å². The number of sulfonamides is 1. The Morgan fingerprint density at radius 2 is 2.08 bits per heavy atom. The number of ether oxygens (including phenoxy) is 2. The first-order valence-electron chi connectivity index (χ1n) is 8.01. The molecule has 0 saturated carbocycles. The number of para-hydroxylation sites is 1. The molecule has 0 aliphatic carbocycles. The van der Waals surface area contributed by atoms with Gasteiger partial charge in [0.15, 0.2) is 0 Å². The first-order valence-corrected chi connectivity index (χ1v) is 10.2. The second-order valence-corrected chi connectivity index (χ2v) is 8.32. The van der Waals surface area contributed by atoms with E-state index in [1.807, 2.05) is 13.0 Å². The van der Waals surface area contributed by atoms with E-state index in [0.717, 1.165) is 4.47 Å².